The number of hydrogen-bond acceptors (Lipinski definition) is 4. The fourth-order valence-corrected chi connectivity index (χ4v) is 5.05. The molecule has 1 fully saturated rings. The number of nitrogens with zero attached hydrogens (tertiary/aromatic N) is 3. The molecule has 1 aromatic heterocycles. The SMILES string of the molecule is CN(C)C(CCc1ccccc1)C1CCC(/C=C/c2nc(-c3cccc(Cl)c3)no2)CC1. The predicted octanol–water partition coefficient (Wildman–Crippen LogP) is 6.77. The normalized spacial score (nSPS) is 20.1. The Bertz CT molecular complexity index is 1010. The summed E-state index contributed by atoms with van der Waals surface area (Å²) in [4.78, 5) is 6.93. The van der Waals surface area contributed by atoms with E-state index in [9.17, 15) is 0 Å². The molecular formula is C27H32ClN3O. The molecule has 0 aliphatic heterocycles. The first kappa shape index (κ1) is 22.8. The van der Waals surface area contributed by atoms with Crippen LogP contribution in [0, 0.1) is 11.8 Å². The van der Waals surface area contributed by atoms with Crippen LogP contribution in [0.3, 0.4) is 0 Å². The van der Waals surface area contributed by atoms with Gasteiger partial charge in [0, 0.05) is 16.6 Å². The number of aryl methyl sites for hydroxylation is 1. The Balaban J connectivity index is 1.29. The number of halogens is 1. The first-order chi connectivity index (χ1) is 15.6. The molecule has 0 bridgehead atoms. The summed E-state index contributed by atoms with van der Waals surface area (Å²) < 4.78 is 5.42. The lowest BCUT2D eigenvalue weighted by Gasteiger charge is -2.37. The predicted molar refractivity (Wildman–Crippen MR) is 131 cm³/mol. The molecule has 0 N–H and O–H groups in total. The van der Waals surface area contributed by atoms with Crippen LogP contribution >= 0.6 is 11.6 Å². The lowest BCUT2D eigenvalue weighted by Crippen LogP contribution is -2.37. The first-order valence-corrected chi connectivity index (χ1v) is 11.9. The molecule has 0 amide bonds. The summed E-state index contributed by atoms with van der Waals surface area (Å²) in [7, 11) is 4.46. The van der Waals surface area contributed by atoms with Gasteiger partial charge in [0.25, 0.3) is 5.89 Å². The third kappa shape index (κ3) is 6.08. The maximum atomic E-state index is 6.07. The van der Waals surface area contributed by atoms with E-state index in [2.05, 4.69) is 65.5 Å². The number of benzene rings is 2. The van der Waals surface area contributed by atoms with Gasteiger partial charge < -0.3 is 9.42 Å². The topological polar surface area (TPSA) is 42.2 Å². The van der Waals surface area contributed by atoms with Crippen molar-refractivity contribution in [3.63, 3.8) is 0 Å². The molecule has 1 unspecified atom stereocenters. The molecule has 0 spiro atoms. The average molecular weight is 450 g/mol. The van der Waals surface area contributed by atoms with Gasteiger partial charge in [0.2, 0.25) is 5.82 Å². The second-order valence-electron chi connectivity index (χ2n) is 9.06. The molecule has 0 saturated heterocycles. The lowest BCUT2D eigenvalue weighted by molar-refractivity contribution is 0.150. The highest BCUT2D eigenvalue weighted by molar-refractivity contribution is 6.30. The summed E-state index contributed by atoms with van der Waals surface area (Å²) in [6, 6.07) is 19.0. The highest BCUT2D eigenvalue weighted by Crippen LogP contribution is 2.34. The van der Waals surface area contributed by atoms with E-state index >= 15 is 0 Å². The van der Waals surface area contributed by atoms with Crippen LogP contribution < -0.4 is 0 Å². The van der Waals surface area contributed by atoms with Crippen LogP contribution in [0.1, 0.15) is 43.6 Å². The molecule has 1 aliphatic carbocycles. The molecule has 1 saturated carbocycles. The maximum absolute atomic E-state index is 6.07. The molecule has 1 atom stereocenters. The molecule has 0 radical (unpaired) electrons. The highest BCUT2D eigenvalue weighted by Gasteiger charge is 2.28. The van der Waals surface area contributed by atoms with Crippen molar-refractivity contribution in [2.45, 2.75) is 44.6 Å². The van der Waals surface area contributed by atoms with Crippen molar-refractivity contribution in [3.05, 3.63) is 77.2 Å². The average Bonchev–Trinajstić information content (AvgIpc) is 3.28. The Morgan fingerprint density at radius 3 is 2.56 bits per heavy atom. The Labute approximate surface area is 196 Å². The summed E-state index contributed by atoms with van der Waals surface area (Å²) >= 11 is 6.07. The van der Waals surface area contributed by atoms with Gasteiger partial charge in [-0.15, -0.1) is 0 Å². The van der Waals surface area contributed by atoms with Crippen molar-refractivity contribution in [2.75, 3.05) is 14.1 Å². The van der Waals surface area contributed by atoms with E-state index in [1.807, 2.05) is 30.3 Å². The van der Waals surface area contributed by atoms with Crippen molar-refractivity contribution in [1.82, 2.24) is 15.0 Å². The fraction of sp³-hybridized carbons (Fsp3) is 0.407. The summed E-state index contributed by atoms with van der Waals surface area (Å²) in [5.74, 6) is 2.46. The van der Waals surface area contributed by atoms with Crippen molar-refractivity contribution in [3.8, 4) is 11.4 Å². The molecular weight excluding hydrogens is 418 g/mol. The molecule has 4 rings (SSSR count). The zero-order valence-corrected chi connectivity index (χ0v) is 19.7. The van der Waals surface area contributed by atoms with E-state index < -0.39 is 0 Å². The van der Waals surface area contributed by atoms with Crippen molar-refractivity contribution < 1.29 is 4.52 Å². The Morgan fingerprint density at radius 1 is 1.06 bits per heavy atom. The third-order valence-corrected chi connectivity index (χ3v) is 6.87. The standard InChI is InChI=1S/C27H32ClN3O/c1-31(2)25(17-13-20-7-4-3-5-8-20)22-15-11-21(12-16-22)14-18-26-29-27(30-32-26)23-9-6-10-24(28)19-23/h3-10,14,18-19,21-22,25H,11-13,15-17H2,1-2H3/b18-14+. The second-order valence-corrected chi connectivity index (χ2v) is 9.49. The van der Waals surface area contributed by atoms with Gasteiger partial charge in [0.05, 0.1) is 0 Å². The van der Waals surface area contributed by atoms with Gasteiger partial charge in [-0.25, -0.2) is 0 Å². The fourth-order valence-electron chi connectivity index (χ4n) is 4.86. The van der Waals surface area contributed by atoms with Gasteiger partial charge in [0.1, 0.15) is 0 Å². The van der Waals surface area contributed by atoms with E-state index in [4.69, 9.17) is 16.1 Å². The van der Waals surface area contributed by atoms with Crippen LogP contribution in [-0.2, 0) is 6.42 Å². The van der Waals surface area contributed by atoms with E-state index in [0.717, 1.165) is 17.9 Å². The van der Waals surface area contributed by atoms with Crippen LogP contribution in [0.15, 0.2) is 65.2 Å². The minimum absolute atomic E-state index is 0.552. The van der Waals surface area contributed by atoms with Gasteiger partial charge in [-0.1, -0.05) is 65.3 Å². The van der Waals surface area contributed by atoms with Crippen molar-refractivity contribution in [1.29, 1.82) is 0 Å². The summed E-state index contributed by atoms with van der Waals surface area (Å²) in [6.45, 7) is 0. The van der Waals surface area contributed by atoms with Gasteiger partial charge in [-0.3, -0.25) is 0 Å². The van der Waals surface area contributed by atoms with Gasteiger partial charge >= 0.3 is 0 Å². The number of aromatic nitrogens is 2. The molecule has 3 aromatic rings. The summed E-state index contributed by atoms with van der Waals surface area (Å²) in [6.07, 6.45) is 11.6. The minimum atomic E-state index is 0.552. The molecule has 2 aromatic carbocycles. The second kappa shape index (κ2) is 10.9. The van der Waals surface area contributed by atoms with Gasteiger partial charge in [0.15, 0.2) is 0 Å². The van der Waals surface area contributed by atoms with Crippen LogP contribution in [0.25, 0.3) is 17.5 Å². The molecule has 32 heavy (non-hydrogen) atoms. The van der Waals surface area contributed by atoms with E-state index in [0.29, 0.717) is 28.7 Å². The van der Waals surface area contributed by atoms with E-state index in [1.165, 1.54) is 37.7 Å². The van der Waals surface area contributed by atoms with E-state index in [-0.39, 0.29) is 0 Å². The number of rotatable bonds is 8. The molecule has 5 heteroatoms. The van der Waals surface area contributed by atoms with Crippen LogP contribution in [0.2, 0.25) is 5.02 Å². The van der Waals surface area contributed by atoms with Gasteiger partial charge in [-0.05, 0) is 88.2 Å². The highest BCUT2D eigenvalue weighted by atomic mass is 35.5. The summed E-state index contributed by atoms with van der Waals surface area (Å²) in [5.41, 5.74) is 2.30. The van der Waals surface area contributed by atoms with Gasteiger partial charge in [-0.2, -0.15) is 4.98 Å². The first-order valence-electron chi connectivity index (χ1n) is 11.6. The van der Waals surface area contributed by atoms with E-state index in [1.54, 1.807) is 0 Å². The smallest absolute Gasteiger partial charge is 0.250 e. The monoisotopic (exact) mass is 449 g/mol. The quantitative estimate of drug-likeness (QED) is 0.380. The minimum Gasteiger partial charge on any atom is -0.334 e. The largest absolute Gasteiger partial charge is 0.334 e. The van der Waals surface area contributed by atoms with Crippen molar-refractivity contribution >= 4 is 17.7 Å². The van der Waals surface area contributed by atoms with Crippen molar-refractivity contribution in [2.24, 2.45) is 11.8 Å². The Morgan fingerprint density at radius 2 is 1.84 bits per heavy atom. The van der Waals surface area contributed by atoms with Crippen LogP contribution in [0.4, 0.5) is 0 Å². The zero-order valence-electron chi connectivity index (χ0n) is 19.0. The maximum Gasteiger partial charge on any atom is 0.250 e. The van der Waals surface area contributed by atoms with Crippen LogP contribution in [-0.4, -0.2) is 35.2 Å². The number of allylic oxidation sites excluding steroid dienone is 1. The Kier molecular flexibility index (Phi) is 7.77. The molecule has 1 heterocycles. The molecule has 1 aliphatic rings. The molecule has 4 nitrogen and oxygen atoms in total. The summed E-state index contributed by atoms with van der Waals surface area (Å²) in [5, 5.41) is 4.76. The lowest BCUT2D eigenvalue weighted by atomic mass is 9.76. The number of hydrogen-bond donors (Lipinski definition) is 0. The van der Waals surface area contributed by atoms with Crippen LogP contribution in [0.5, 0.6) is 0 Å². The zero-order chi connectivity index (χ0) is 22.3. The Hall–Kier alpha value is -2.43. The third-order valence-electron chi connectivity index (χ3n) is 6.63. The molecule has 168 valence electrons.